The maximum Gasteiger partial charge on any atom is 0.211 e. The lowest BCUT2D eigenvalue weighted by Gasteiger charge is -2.18. The average molecular weight is 611 g/mol. The Labute approximate surface area is 277 Å². The normalized spacial score (nSPS) is 11.3. The van der Waals surface area contributed by atoms with Crippen LogP contribution < -0.4 is 0 Å². The monoisotopic (exact) mass is 610 g/mol. The summed E-state index contributed by atoms with van der Waals surface area (Å²) in [6.07, 6.45) is 0. The molecule has 7 aromatic carbocycles. The van der Waals surface area contributed by atoms with Crippen molar-refractivity contribution in [1.29, 1.82) is 5.26 Å². The Morgan fingerprint density at radius 1 is 0.500 bits per heavy atom. The van der Waals surface area contributed by atoms with Gasteiger partial charge in [-0.15, -0.1) is 0 Å². The molecule has 0 aliphatic rings. The van der Waals surface area contributed by atoms with Crippen molar-refractivity contribution in [1.82, 2.24) is 9.13 Å². The summed E-state index contributed by atoms with van der Waals surface area (Å²) in [5, 5.41) is 14.6. The Morgan fingerprint density at radius 3 is 1.77 bits per heavy atom. The van der Waals surface area contributed by atoms with Gasteiger partial charge in [-0.3, -0.25) is 0 Å². The van der Waals surface area contributed by atoms with Gasteiger partial charge in [0.05, 0.1) is 46.0 Å². The molecule has 2 heterocycles. The summed E-state index contributed by atoms with van der Waals surface area (Å²) in [7, 11) is 0. The van der Waals surface area contributed by atoms with Crippen LogP contribution in [-0.4, -0.2) is 9.13 Å². The SMILES string of the molecule is [C-]#[N+]c1cccc2c3ccccc3n(-c3cccc(-c4ccccc4-c4cc(C#N)ccc4-n4c5ccccc5c5ccccc54)c3)c12. The molecule has 9 aromatic rings. The number of aromatic nitrogens is 2. The molecule has 9 rings (SSSR count). The fourth-order valence-corrected chi connectivity index (χ4v) is 7.34. The molecule has 0 radical (unpaired) electrons. The number of nitriles is 1. The van der Waals surface area contributed by atoms with E-state index < -0.39 is 0 Å². The Bertz CT molecular complexity index is 2760. The lowest BCUT2D eigenvalue weighted by Crippen LogP contribution is -1.99. The maximum atomic E-state index is 10.0. The number of benzene rings is 7. The molecular weight excluding hydrogens is 585 g/mol. The van der Waals surface area contributed by atoms with E-state index >= 15 is 0 Å². The second kappa shape index (κ2) is 10.9. The minimum Gasteiger partial charge on any atom is -0.319 e. The topological polar surface area (TPSA) is 38.0 Å². The van der Waals surface area contributed by atoms with Crippen LogP contribution in [0.1, 0.15) is 5.56 Å². The predicted octanol–water partition coefficient (Wildman–Crippen LogP) is 11.6. The van der Waals surface area contributed by atoms with Crippen molar-refractivity contribution in [2.24, 2.45) is 0 Å². The molecule has 222 valence electrons. The summed E-state index contributed by atoms with van der Waals surface area (Å²) in [5.41, 5.74) is 11.6. The quantitative estimate of drug-likeness (QED) is 0.183. The van der Waals surface area contributed by atoms with E-state index in [1.54, 1.807) is 0 Å². The summed E-state index contributed by atoms with van der Waals surface area (Å²) in [4.78, 5) is 3.91. The average Bonchev–Trinajstić information content (AvgIpc) is 3.68. The van der Waals surface area contributed by atoms with Crippen molar-refractivity contribution in [2.75, 3.05) is 0 Å². The summed E-state index contributed by atoms with van der Waals surface area (Å²) in [6.45, 7) is 7.96. The van der Waals surface area contributed by atoms with Crippen LogP contribution in [0.4, 0.5) is 5.69 Å². The molecule has 4 nitrogen and oxygen atoms in total. The maximum absolute atomic E-state index is 10.0. The van der Waals surface area contributed by atoms with Crippen LogP contribution in [0, 0.1) is 17.9 Å². The van der Waals surface area contributed by atoms with Gasteiger partial charge in [-0.25, -0.2) is 4.85 Å². The van der Waals surface area contributed by atoms with Crippen molar-refractivity contribution in [3.63, 3.8) is 0 Å². The van der Waals surface area contributed by atoms with Crippen LogP contribution in [0.15, 0.2) is 158 Å². The van der Waals surface area contributed by atoms with Crippen molar-refractivity contribution in [3.8, 4) is 39.7 Å². The summed E-state index contributed by atoms with van der Waals surface area (Å²) >= 11 is 0. The van der Waals surface area contributed by atoms with Gasteiger partial charge < -0.3 is 9.13 Å². The predicted molar refractivity (Wildman–Crippen MR) is 197 cm³/mol. The summed E-state index contributed by atoms with van der Waals surface area (Å²) < 4.78 is 4.53. The van der Waals surface area contributed by atoms with E-state index in [1.165, 1.54) is 10.8 Å². The van der Waals surface area contributed by atoms with Crippen LogP contribution in [0.2, 0.25) is 0 Å². The zero-order valence-electron chi connectivity index (χ0n) is 25.8. The summed E-state index contributed by atoms with van der Waals surface area (Å²) in [6, 6.07) is 56.6. The van der Waals surface area contributed by atoms with Crippen molar-refractivity contribution in [2.45, 2.75) is 0 Å². The lowest BCUT2D eigenvalue weighted by atomic mass is 9.92. The van der Waals surface area contributed by atoms with Crippen LogP contribution in [0.3, 0.4) is 0 Å². The minimum absolute atomic E-state index is 0.607. The van der Waals surface area contributed by atoms with E-state index in [1.807, 2.05) is 36.4 Å². The third kappa shape index (κ3) is 4.07. The molecule has 0 spiro atoms. The molecule has 0 fully saturated rings. The second-order valence-corrected chi connectivity index (χ2v) is 11.9. The molecule has 0 aliphatic heterocycles. The first-order valence-corrected chi connectivity index (χ1v) is 15.9. The summed E-state index contributed by atoms with van der Waals surface area (Å²) in [5.74, 6) is 0. The number of nitrogens with zero attached hydrogens (tertiary/aromatic N) is 4. The van der Waals surface area contributed by atoms with E-state index in [9.17, 15) is 5.26 Å². The molecule has 0 amide bonds. The van der Waals surface area contributed by atoms with Crippen molar-refractivity contribution >= 4 is 49.3 Å². The van der Waals surface area contributed by atoms with E-state index in [-0.39, 0.29) is 0 Å². The van der Waals surface area contributed by atoms with Crippen LogP contribution in [0.25, 0.3) is 82.1 Å². The fraction of sp³-hybridized carbons (Fsp3) is 0. The molecule has 0 aliphatic carbocycles. The third-order valence-corrected chi connectivity index (χ3v) is 9.37. The molecule has 2 aromatic heterocycles. The van der Waals surface area contributed by atoms with Gasteiger partial charge in [-0.05, 0) is 70.6 Å². The highest BCUT2D eigenvalue weighted by Gasteiger charge is 2.19. The zero-order chi connectivity index (χ0) is 32.2. The molecule has 0 N–H and O–H groups in total. The zero-order valence-corrected chi connectivity index (χ0v) is 25.8. The first-order valence-electron chi connectivity index (χ1n) is 15.9. The lowest BCUT2D eigenvalue weighted by molar-refractivity contribution is 1.18. The number of rotatable bonds is 4. The molecule has 0 bridgehead atoms. The first kappa shape index (κ1) is 27.4. The van der Waals surface area contributed by atoms with Gasteiger partial charge in [0.1, 0.15) is 0 Å². The molecule has 0 saturated heterocycles. The Morgan fingerprint density at radius 2 is 1.08 bits per heavy atom. The molecule has 0 unspecified atom stereocenters. The number of hydrogen-bond donors (Lipinski definition) is 0. The van der Waals surface area contributed by atoms with Gasteiger partial charge in [0.15, 0.2) is 0 Å². The highest BCUT2D eigenvalue weighted by atomic mass is 15.0. The first-order chi connectivity index (χ1) is 23.7. The molecular formula is C44H26N4. The van der Waals surface area contributed by atoms with Crippen LogP contribution in [0.5, 0.6) is 0 Å². The number of hydrogen-bond acceptors (Lipinski definition) is 1. The smallest absolute Gasteiger partial charge is 0.211 e. The van der Waals surface area contributed by atoms with Gasteiger partial charge >= 0.3 is 0 Å². The highest BCUT2D eigenvalue weighted by Crippen LogP contribution is 2.42. The van der Waals surface area contributed by atoms with Gasteiger partial charge in [0.25, 0.3) is 0 Å². The van der Waals surface area contributed by atoms with Gasteiger partial charge in [0, 0.05) is 27.4 Å². The van der Waals surface area contributed by atoms with Crippen molar-refractivity contribution in [3.05, 3.63) is 175 Å². The molecule has 0 saturated carbocycles. The Hall–Kier alpha value is -6.88. The van der Waals surface area contributed by atoms with Gasteiger partial charge in [-0.2, -0.15) is 5.26 Å². The number of fused-ring (bicyclic) bond motifs is 6. The van der Waals surface area contributed by atoms with E-state index in [2.05, 4.69) is 141 Å². The van der Waals surface area contributed by atoms with Crippen molar-refractivity contribution < 1.29 is 0 Å². The van der Waals surface area contributed by atoms with E-state index in [0.717, 1.165) is 66.5 Å². The third-order valence-electron chi connectivity index (χ3n) is 9.37. The van der Waals surface area contributed by atoms with E-state index in [4.69, 9.17) is 6.57 Å². The minimum atomic E-state index is 0.607. The van der Waals surface area contributed by atoms with Crippen LogP contribution >= 0.6 is 0 Å². The number of para-hydroxylation sites is 4. The van der Waals surface area contributed by atoms with Gasteiger partial charge in [0.2, 0.25) is 5.69 Å². The largest absolute Gasteiger partial charge is 0.319 e. The second-order valence-electron chi connectivity index (χ2n) is 11.9. The van der Waals surface area contributed by atoms with E-state index in [0.29, 0.717) is 11.3 Å². The van der Waals surface area contributed by atoms with Gasteiger partial charge in [-0.1, -0.05) is 109 Å². The fourth-order valence-electron chi connectivity index (χ4n) is 7.34. The standard InChI is InChI=1S/C44H26N4/c1-46-39-20-11-19-37-36-18-6-7-21-40(36)47(44(37)39)31-13-10-12-30(27-31)32-14-2-3-15-33(32)38-26-29(28-45)24-25-43(38)48-41-22-8-4-16-34(41)35-17-5-9-23-42(35)48/h2-27H. The van der Waals surface area contributed by atoms with Crippen LogP contribution in [-0.2, 0) is 0 Å². The molecule has 0 atom stereocenters. The Balaban J connectivity index is 1.30. The molecule has 4 heteroatoms. The highest BCUT2D eigenvalue weighted by molar-refractivity contribution is 6.13. The molecule has 48 heavy (non-hydrogen) atoms. The Kier molecular flexibility index (Phi) is 6.22.